The molecule has 0 radical (unpaired) electrons. The third kappa shape index (κ3) is 5.42. The van der Waals surface area contributed by atoms with Crippen molar-refractivity contribution in [3.63, 3.8) is 0 Å². The zero-order valence-corrected chi connectivity index (χ0v) is 14.0. The van der Waals surface area contributed by atoms with Crippen LogP contribution in [0.4, 0.5) is 5.69 Å². The maximum absolute atomic E-state index is 11.9. The first kappa shape index (κ1) is 18.1. The maximum atomic E-state index is 11.9. The van der Waals surface area contributed by atoms with Gasteiger partial charge in [-0.05, 0) is 24.3 Å². The van der Waals surface area contributed by atoms with Crippen molar-refractivity contribution in [3.8, 4) is 17.2 Å². The zero-order chi connectivity index (χ0) is 18.1. The van der Waals surface area contributed by atoms with E-state index in [2.05, 4.69) is 5.32 Å². The lowest BCUT2D eigenvalue weighted by Crippen LogP contribution is -2.23. The predicted molar refractivity (Wildman–Crippen MR) is 91.1 cm³/mol. The van der Waals surface area contributed by atoms with Gasteiger partial charge in [0.05, 0.1) is 19.9 Å². The summed E-state index contributed by atoms with van der Waals surface area (Å²) >= 11 is 0. The SMILES string of the molecule is COc1ccccc1NC(=O)COC(=O)COc1ccccc1OC. The van der Waals surface area contributed by atoms with Crippen LogP contribution in [0.5, 0.6) is 17.2 Å². The van der Waals surface area contributed by atoms with Gasteiger partial charge < -0.3 is 24.3 Å². The van der Waals surface area contributed by atoms with E-state index in [0.29, 0.717) is 22.9 Å². The van der Waals surface area contributed by atoms with Crippen LogP contribution in [0.3, 0.4) is 0 Å². The van der Waals surface area contributed by atoms with Crippen LogP contribution in [-0.4, -0.2) is 39.3 Å². The maximum Gasteiger partial charge on any atom is 0.344 e. The van der Waals surface area contributed by atoms with Crippen molar-refractivity contribution in [1.29, 1.82) is 0 Å². The number of rotatable bonds is 8. The van der Waals surface area contributed by atoms with E-state index in [1.807, 2.05) is 0 Å². The molecule has 0 aliphatic rings. The molecule has 0 spiro atoms. The van der Waals surface area contributed by atoms with Crippen LogP contribution in [0, 0.1) is 0 Å². The minimum Gasteiger partial charge on any atom is -0.495 e. The molecule has 0 aromatic heterocycles. The fourth-order valence-corrected chi connectivity index (χ4v) is 2.00. The van der Waals surface area contributed by atoms with E-state index in [0.717, 1.165) is 0 Å². The Balaban J connectivity index is 1.78. The average molecular weight is 345 g/mol. The quantitative estimate of drug-likeness (QED) is 0.739. The van der Waals surface area contributed by atoms with Crippen molar-refractivity contribution >= 4 is 17.6 Å². The van der Waals surface area contributed by atoms with Crippen LogP contribution in [0.2, 0.25) is 0 Å². The summed E-state index contributed by atoms with van der Waals surface area (Å²) in [6, 6.07) is 13.8. The van der Waals surface area contributed by atoms with E-state index in [1.165, 1.54) is 14.2 Å². The Labute approximate surface area is 145 Å². The van der Waals surface area contributed by atoms with Crippen molar-refractivity contribution in [2.75, 3.05) is 32.8 Å². The highest BCUT2D eigenvalue weighted by Gasteiger charge is 2.12. The summed E-state index contributed by atoms with van der Waals surface area (Å²) in [7, 11) is 3.00. The minimum atomic E-state index is -0.666. The molecule has 0 fully saturated rings. The Bertz CT molecular complexity index is 731. The zero-order valence-electron chi connectivity index (χ0n) is 14.0. The first-order chi connectivity index (χ1) is 12.1. The summed E-state index contributed by atoms with van der Waals surface area (Å²) in [4.78, 5) is 23.6. The van der Waals surface area contributed by atoms with E-state index < -0.39 is 18.5 Å². The second-order valence-electron chi connectivity index (χ2n) is 4.85. The fourth-order valence-electron chi connectivity index (χ4n) is 2.00. The van der Waals surface area contributed by atoms with Gasteiger partial charge >= 0.3 is 5.97 Å². The molecule has 1 amide bonds. The lowest BCUT2D eigenvalue weighted by molar-refractivity contribution is -0.149. The van der Waals surface area contributed by atoms with Crippen molar-refractivity contribution in [3.05, 3.63) is 48.5 Å². The fraction of sp³-hybridized carbons (Fsp3) is 0.222. The van der Waals surface area contributed by atoms with E-state index in [9.17, 15) is 9.59 Å². The van der Waals surface area contributed by atoms with Crippen LogP contribution in [0.15, 0.2) is 48.5 Å². The molecule has 0 bridgehead atoms. The molecule has 132 valence electrons. The second kappa shape index (κ2) is 9.17. The van der Waals surface area contributed by atoms with Crippen LogP contribution < -0.4 is 19.5 Å². The highest BCUT2D eigenvalue weighted by molar-refractivity contribution is 5.94. The largest absolute Gasteiger partial charge is 0.495 e. The lowest BCUT2D eigenvalue weighted by atomic mass is 10.3. The number of esters is 1. The van der Waals surface area contributed by atoms with Crippen molar-refractivity contribution < 1.29 is 28.5 Å². The van der Waals surface area contributed by atoms with Gasteiger partial charge in [-0.25, -0.2) is 4.79 Å². The number of nitrogens with one attached hydrogen (secondary N) is 1. The number of amides is 1. The molecule has 7 nitrogen and oxygen atoms in total. The number of carbonyl (C=O) groups excluding carboxylic acids is 2. The number of anilines is 1. The standard InChI is InChI=1S/C18H19NO6/c1-22-14-8-4-3-7-13(14)19-17(20)11-25-18(21)12-24-16-10-6-5-9-15(16)23-2/h3-10H,11-12H2,1-2H3,(H,19,20). The summed E-state index contributed by atoms with van der Waals surface area (Å²) in [5.74, 6) is 0.294. The Morgan fingerprint density at radius 2 is 1.44 bits per heavy atom. The van der Waals surface area contributed by atoms with Gasteiger partial charge in [0.1, 0.15) is 5.75 Å². The molecule has 0 unspecified atom stereocenters. The van der Waals surface area contributed by atoms with Crippen molar-refractivity contribution in [2.24, 2.45) is 0 Å². The van der Waals surface area contributed by atoms with Gasteiger partial charge in [-0.3, -0.25) is 4.79 Å². The molecule has 0 saturated heterocycles. The average Bonchev–Trinajstić information content (AvgIpc) is 2.65. The molecule has 0 aliphatic carbocycles. The van der Waals surface area contributed by atoms with Gasteiger partial charge in [-0.1, -0.05) is 24.3 Å². The highest BCUT2D eigenvalue weighted by atomic mass is 16.6. The molecular formula is C18H19NO6. The molecule has 7 heteroatoms. The van der Waals surface area contributed by atoms with E-state index in [4.69, 9.17) is 18.9 Å². The summed E-state index contributed by atoms with van der Waals surface area (Å²) in [5, 5.41) is 2.61. The van der Waals surface area contributed by atoms with Gasteiger partial charge in [0.25, 0.3) is 5.91 Å². The van der Waals surface area contributed by atoms with E-state index >= 15 is 0 Å². The van der Waals surface area contributed by atoms with Gasteiger partial charge in [-0.2, -0.15) is 0 Å². The molecule has 1 N–H and O–H groups in total. The normalized spacial score (nSPS) is 9.84. The molecule has 0 heterocycles. The molecule has 2 aromatic rings. The number of carbonyl (C=O) groups is 2. The third-order valence-electron chi connectivity index (χ3n) is 3.16. The molecule has 0 saturated carbocycles. The molecule has 2 rings (SSSR count). The first-order valence-corrected chi connectivity index (χ1v) is 7.48. The molecule has 0 atom stereocenters. The number of benzene rings is 2. The predicted octanol–water partition coefficient (Wildman–Crippen LogP) is 2.26. The van der Waals surface area contributed by atoms with E-state index in [-0.39, 0.29) is 6.61 Å². The third-order valence-corrected chi connectivity index (χ3v) is 3.16. The molecule has 0 aliphatic heterocycles. The number of ether oxygens (including phenoxy) is 4. The van der Waals surface area contributed by atoms with Crippen LogP contribution in [-0.2, 0) is 14.3 Å². The van der Waals surface area contributed by atoms with Crippen molar-refractivity contribution in [1.82, 2.24) is 0 Å². The Morgan fingerprint density at radius 3 is 2.12 bits per heavy atom. The van der Waals surface area contributed by atoms with Gasteiger partial charge in [0.2, 0.25) is 0 Å². The highest BCUT2D eigenvalue weighted by Crippen LogP contribution is 2.25. The van der Waals surface area contributed by atoms with Gasteiger partial charge in [-0.15, -0.1) is 0 Å². The lowest BCUT2D eigenvalue weighted by Gasteiger charge is -2.11. The number of hydrogen-bond acceptors (Lipinski definition) is 6. The topological polar surface area (TPSA) is 83.1 Å². The Kier molecular flexibility index (Phi) is 6.65. The van der Waals surface area contributed by atoms with E-state index in [1.54, 1.807) is 48.5 Å². The monoisotopic (exact) mass is 345 g/mol. The second-order valence-corrected chi connectivity index (χ2v) is 4.85. The molecular weight excluding hydrogens is 326 g/mol. The Morgan fingerprint density at radius 1 is 0.840 bits per heavy atom. The van der Waals surface area contributed by atoms with Crippen LogP contribution in [0.25, 0.3) is 0 Å². The summed E-state index contributed by atoms with van der Waals surface area (Å²) in [5.41, 5.74) is 0.497. The van der Waals surface area contributed by atoms with Crippen LogP contribution >= 0.6 is 0 Å². The number of para-hydroxylation sites is 4. The number of hydrogen-bond donors (Lipinski definition) is 1. The summed E-state index contributed by atoms with van der Waals surface area (Å²) in [6.07, 6.45) is 0. The van der Waals surface area contributed by atoms with Gasteiger partial charge in [0, 0.05) is 0 Å². The number of methoxy groups -OCH3 is 2. The smallest absolute Gasteiger partial charge is 0.344 e. The first-order valence-electron chi connectivity index (χ1n) is 7.48. The van der Waals surface area contributed by atoms with Crippen molar-refractivity contribution in [2.45, 2.75) is 0 Å². The van der Waals surface area contributed by atoms with Crippen LogP contribution in [0.1, 0.15) is 0 Å². The molecule has 2 aromatic carbocycles. The summed E-state index contributed by atoms with van der Waals surface area (Å²) < 4.78 is 20.5. The molecule has 25 heavy (non-hydrogen) atoms. The minimum absolute atomic E-state index is 0.331. The summed E-state index contributed by atoms with van der Waals surface area (Å²) in [6.45, 7) is -0.755. The van der Waals surface area contributed by atoms with Gasteiger partial charge in [0.15, 0.2) is 24.7 Å². The Hall–Kier alpha value is -3.22.